The summed E-state index contributed by atoms with van der Waals surface area (Å²) in [4.78, 5) is 0. The molecule has 2 aromatic rings. The zero-order chi connectivity index (χ0) is 14.3. The molecule has 0 aliphatic heterocycles. The molecule has 0 spiro atoms. The van der Waals surface area contributed by atoms with Gasteiger partial charge < -0.3 is 0 Å². The van der Waals surface area contributed by atoms with Crippen molar-refractivity contribution in [1.82, 2.24) is 0 Å². The van der Waals surface area contributed by atoms with Crippen LogP contribution in [-0.4, -0.2) is 0 Å². The number of aryl methyl sites for hydroxylation is 3. The number of rotatable bonds is 0. The first-order valence-corrected chi connectivity index (χ1v) is 7.44. The van der Waals surface area contributed by atoms with E-state index in [1.54, 1.807) is 0 Å². The lowest BCUT2D eigenvalue weighted by atomic mass is 9.87. The van der Waals surface area contributed by atoms with Crippen molar-refractivity contribution >= 4 is 12.2 Å². The Bertz CT molecular complexity index is 702. The fraction of sp³-hybridized carbons (Fsp3) is 0.300. The molecule has 2 aromatic carbocycles. The number of hydrogen-bond donors (Lipinski definition) is 0. The van der Waals surface area contributed by atoms with Crippen molar-refractivity contribution < 1.29 is 0 Å². The van der Waals surface area contributed by atoms with Crippen LogP contribution in [0.3, 0.4) is 0 Å². The third-order valence-corrected chi connectivity index (χ3v) is 4.75. The predicted molar refractivity (Wildman–Crippen MR) is 88.2 cm³/mol. The number of hydrogen-bond acceptors (Lipinski definition) is 0. The van der Waals surface area contributed by atoms with Gasteiger partial charge in [0.2, 0.25) is 0 Å². The van der Waals surface area contributed by atoms with Gasteiger partial charge in [-0.25, -0.2) is 0 Å². The highest BCUT2D eigenvalue weighted by molar-refractivity contribution is 5.75. The number of fused-ring (bicyclic) bond motifs is 4. The van der Waals surface area contributed by atoms with Gasteiger partial charge in [0.15, 0.2) is 0 Å². The molecule has 0 saturated heterocycles. The third-order valence-electron chi connectivity index (χ3n) is 4.75. The van der Waals surface area contributed by atoms with E-state index >= 15 is 0 Å². The van der Waals surface area contributed by atoms with Gasteiger partial charge in [-0.3, -0.25) is 0 Å². The average molecular weight is 262 g/mol. The molecular formula is C20H22. The standard InChI is InChI=1S/C20H22/c1-13-12-14(2)20-11-9-18-7-5-6-17(15(18)3)8-10-19(13)16(20)4/h5-8,10,12H,9,11H2,1-4H3/b10-8-. The van der Waals surface area contributed by atoms with Crippen molar-refractivity contribution in [3.63, 3.8) is 0 Å². The van der Waals surface area contributed by atoms with Crippen molar-refractivity contribution in [2.24, 2.45) is 0 Å². The molecule has 0 heterocycles. The maximum Gasteiger partial charge on any atom is -0.0195 e. The first-order chi connectivity index (χ1) is 9.58. The fourth-order valence-corrected chi connectivity index (χ4v) is 3.47. The quantitative estimate of drug-likeness (QED) is 0.613. The summed E-state index contributed by atoms with van der Waals surface area (Å²) >= 11 is 0. The van der Waals surface area contributed by atoms with Gasteiger partial charge in [-0.1, -0.05) is 36.4 Å². The molecule has 0 radical (unpaired) electrons. The van der Waals surface area contributed by atoms with Gasteiger partial charge in [0, 0.05) is 0 Å². The first kappa shape index (κ1) is 13.2. The minimum atomic E-state index is 1.14. The summed E-state index contributed by atoms with van der Waals surface area (Å²) in [5, 5.41) is 0. The molecule has 0 unspecified atom stereocenters. The molecule has 0 nitrogen and oxygen atoms in total. The molecule has 20 heavy (non-hydrogen) atoms. The monoisotopic (exact) mass is 262 g/mol. The molecule has 1 aliphatic carbocycles. The molecule has 0 atom stereocenters. The molecular weight excluding hydrogens is 240 g/mol. The summed E-state index contributed by atoms with van der Waals surface area (Å²) in [6.45, 7) is 8.99. The lowest BCUT2D eigenvalue weighted by Crippen LogP contribution is -2.04. The summed E-state index contributed by atoms with van der Waals surface area (Å²) < 4.78 is 0. The van der Waals surface area contributed by atoms with Crippen LogP contribution in [-0.2, 0) is 12.8 Å². The molecule has 0 amide bonds. The van der Waals surface area contributed by atoms with Gasteiger partial charge in [-0.15, -0.1) is 0 Å². The lowest BCUT2D eigenvalue weighted by Gasteiger charge is -2.18. The van der Waals surface area contributed by atoms with Gasteiger partial charge in [-0.05, 0) is 85.0 Å². The molecule has 0 saturated carbocycles. The van der Waals surface area contributed by atoms with E-state index in [9.17, 15) is 0 Å². The average Bonchev–Trinajstić information content (AvgIpc) is 2.40. The van der Waals surface area contributed by atoms with Crippen LogP contribution in [0.15, 0.2) is 24.3 Å². The van der Waals surface area contributed by atoms with Crippen molar-refractivity contribution in [2.75, 3.05) is 0 Å². The van der Waals surface area contributed by atoms with E-state index in [2.05, 4.69) is 64.1 Å². The van der Waals surface area contributed by atoms with Gasteiger partial charge in [0.05, 0.1) is 0 Å². The van der Waals surface area contributed by atoms with Gasteiger partial charge in [0.1, 0.15) is 0 Å². The Hall–Kier alpha value is -1.82. The largest absolute Gasteiger partial charge is 0.0614 e. The maximum atomic E-state index is 2.34. The van der Waals surface area contributed by atoms with E-state index in [1.165, 1.54) is 44.5 Å². The first-order valence-electron chi connectivity index (χ1n) is 7.44. The Kier molecular flexibility index (Phi) is 3.25. The smallest absolute Gasteiger partial charge is 0.0195 e. The highest BCUT2D eigenvalue weighted by Crippen LogP contribution is 2.28. The molecule has 0 aromatic heterocycles. The van der Waals surface area contributed by atoms with Crippen LogP contribution in [0, 0.1) is 27.7 Å². The molecule has 1 aliphatic rings. The zero-order valence-electron chi connectivity index (χ0n) is 12.9. The zero-order valence-corrected chi connectivity index (χ0v) is 12.9. The Morgan fingerprint density at radius 2 is 1.60 bits per heavy atom. The van der Waals surface area contributed by atoms with E-state index in [1.807, 2.05) is 0 Å². The van der Waals surface area contributed by atoms with Crippen LogP contribution in [0.5, 0.6) is 0 Å². The van der Waals surface area contributed by atoms with Crippen LogP contribution in [0.1, 0.15) is 44.5 Å². The van der Waals surface area contributed by atoms with Crippen LogP contribution in [0.25, 0.3) is 12.2 Å². The van der Waals surface area contributed by atoms with Crippen LogP contribution >= 0.6 is 0 Å². The van der Waals surface area contributed by atoms with E-state index in [0.717, 1.165) is 12.8 Å². The molecule has 0 heteroatoms. The summed E-state index contributed by atoms with van der Waals surface area (Å²) in [6, 6.07) is 9.01. The second-order valence-electron chi connectivity index (χ2n) is 5.99. The molecule has 3 rings (SSSR count). The van der Waals surface area contributed by atoms with Crippen molar-refractivity contribution in [1.29, 1.82) is 0 Å². The second kappa shape index (κ2) is 4.94. The Labute approximate surface area is 122 Å². The summed E-state index contributed by atoms with van der Waals surface area (Å²) in [5.41, 5.74) is 11.5. The molecule has 102 valence electrons. The molecule has 4 bridgehead atoms. The normalized spacial score (nSPS) is 15.0. The fourth-order valence-electron chi connectivity index (χ4n) is 3.47. The van der Waals surface area contributed by atoms with E-state index in [0.29, 0.717) is 0 Å². The highest BCUT2D eigenvalue weighted by Gasteiger charge is 2.12. The van der Waals surface area contributed by atoms with E-state index in [-0.39, 0.29) is 0 Å². The summed E-state index contributed by atoms with van der Waals surface area (Å²) in [6.07, 6.45) is 6.85. The minimum Gasteiger partial charge on any atom is -0.0614 e. The summed E-state index contributed by atoms with van der Waals surface area (Å²) in [5.74, 6) is 0. The van der Waals surface area contributed by atoms with Crippen molar-refractivity contribution in [3.05, 3.63) is 68.8 Å². The van der Waals surface area contributed by atoms with Gasteiger partial charge in [0.25, 0.3) is 0 Å². The second-order valence-corrected chi connectivity index (χ2v) is 5.99. The number of benzene rings is 2. The van der Waals surface area contributed by atoms with E-state index in [4.69, 9.17) is 0 Å². The summed E-state index contributed by atoms with van der Waals surface area (Å²) in [7, 11) is 0. The molecule has 0 fully saturated rings. The van der Waals surface area contributed by atoms with Gasteiger partial charge in [-0.2, -0.15) is 0 Å². The maximum absolute atomic E-state index is 2.34. The van der Waals surface area contributed by atoms with Crippen LogP contribution in [0.2, 0.25) is 0 Å². The van der Waals surface area contributed by atoms with Crippen LogP contribution < -0.4 is 0 Å². The van der Waals surface area contributed by atoms with Gasteiger partial charge >= 0.3 is 0 Å². The van der Waals surface area contributed by atoms with Crippen LogP contribution in [0.4, 0.5) is 0 Å². The lowest BCUT2D eigenvalue weighted by molar-refractivity contribution is 0.924. The third kappa shape index (κ3) is 2.10. The predicted octanol–water partition coefficient (Wildman–Crippen LogP) is 5.19. The highest BCUT2D eigenvalue weighted by atomic mass is 14.2. The van der Waals surface area contributed by atoms with Crippen molar-refractivity contribution in [3.8, 4) is 0 Å². The Morgan fingerprint density at radius 3 is 2.40 bits per heavy atom. The topological polar surface area (TPSA) is 0 Å². The molecule has 0 N–H and O–H groups in total. The Morgan fingerprint density at radius 1 is 0.800 bits per heavy atom. The van der Waals surface area contributed by atoms with E-state index < -0.39 is 0 Å². The Balaban J connectivity index is 2.26. The minimum absolute atomic E-state index is 1.14. The SMILES string of the molecule is Cc1cc(C)c2c(C)c1/C=C\c1cccc(c1C)CC2. The van der Waals surface area contributed by atoms with Crippen molar-refractivity contribution in [2.45, 2.75) is 40.5 Å².